The fraction of sp³-hybridized carbons (Fsp3) is 0.767. The van der Waals surface area contributed by atoms with Crippen molar-refractivity contribution in [1.82, 2.24) is 0 Å². The average Bonchev–Trinajstić information content (AvgIpc) is 3.45. The summed E-state index contributed by atoms with van der Waals surface area (Å²) >= 11 is 0. The molecule has 0 amide bonds. The second-order valence-electron chi connectivity index (χ2n) is 22.7. The van der Waals surface area contributed by atoms with Crippen molar-refractivity contribution < 1.29 is 28.6 Å². The minimum atomic E-state index is -0.794. The SMILES string of the molecule is CC/C=C\C/C=C\C/C=C\C/C=C\C/C=C\C/C=C\CCCCCCC(=O)OC(COC(=O)CCCCCCC/C=C\CCCCCCC)COC(=O)CCCCCCCCCCCCCCCCCCCCCCCCCC. The van der Waals surface area contributed by atoms with Crippen LogP contribution in [0.2, 0.25) is 0 Å². The molecule has 456 valence electrons. The van der Waals surface area contributed by atoms with Crippen LogP contribution in [0.3, 0.4) is 0 Å². The van der Waals surface area contributed by atoms with Crippen LogP contribution in [0.4, 0.5) is 0 Å². The lowest BCUT2D eigenvalue weighted by Gasteiger charge is -2.18. The van der Waals surface area contributed by atoms with E-state index in [4.69, 9.17) is 14.2 Å². The number of ether oxygens (including phenoxy) is 3. The Morgan fingerprint density at radius 1 is 0.266 bits per heavy atom. The molecule has 6 heteroatoms. The first-order valence-electron chi connectivity index (χ1n) is 34.1. The summed E-state index contributed by atoms with van der Waals surface area (Å²) < 4.78 is 16.9. The molecule has 0 radical (unpaired) electrons. The van der Waals surface area contributed by atoms with Gasteiger partial charge in [0.25, 0.3) is 0 Å². The van der Waals surface area contributed by atoms with Crippen molar-refractivity contribution >= 4 is 17.9 Å². The highest BCUT2D eigenvalue weighted by Crippen LogP contribution is 2.17. The summed E-state index contributed by atoms with van der Waals surface area (Å²) in [4.78, 5) is 38.4. The fourth-order valence-corrected chi connectivity index (χ4v) is 9.80. The summed E-state index contributed by atoms with van der Waals surface area (Å²) in [5.74, 6) is -0.904. The second-order valence-corrected chi connectivity index (χ2v) is 22.7. The van der Waals surface area contributed by atoms with Crippen molar-refractivity contribution in [3.05, 3.63) is 85.1 Å². The first-order valence-corrected chi connectivity index (χ1v) is 34.1. The quantitative estimate of drug-likeness (QED) is 0.0261. The number of allylic oxidation sites excluding steroid dienone is 14. The first-order chi connectivity index (χ1) is 39.0. The van der Waals surface area contributed by atoms with Gasteiger partial charge in [0.2, 0.25) is 0 Å². The minimum Gasteiger partial charge on any atom is -0.462 e. The van der Waals surface area contributed by atoms with E-state index in [2.05, 4.69) is 106 Å². The van der Waals surface area contributed by atoms with Crippen LogP contribution in [-0.2, 0) is 28.6 Å². The van der Waals surface area contributed by atoms with Crippen molar-refractivity contribution in [2.24, 2.45) is 0 Å². The van der Waals surface area contributed by atoms with Crippen molar-refractivity contribution in [2.75, 3.05) is 13.2 Å². The molecule has 0 rings (SSSR count). The fourth-order valence-electron chi connectivity index (χ4n) is 9.80. The molecule has 0 aromatic heterocycles. The Balaban J connectivity index is 4.36. The molecule has 0 saturated carbocycles. The monoisotopic (exact) mass is 1100 g/mol. The summed E-state index contributed by atoms with van der Waals surface area (Å²) in [7, 11) is 0. The predicted octanol–water partition coefficient (Wildman–Crippen LogP) is 23.4. The molecule has 0 aliphatic rings. The molecule has 0 aromatic rings. The summed E-state index contributed by atoms with van der Waals surface area (Å²) in [6, 6.07) is 0. The lowest BCUT2D eigenvalue weighted by atomic mass is 10.0. The lowest BCUT2D eigenvalue weighted by Crippen LogP contribution is -2.30. The van der Waals surface area contributed by atoms with E-state index < -0.39 is 6.10 Å². The molecular weight excluding hydrogens is 973 g/mol. The Morgan fingerprint density at radius 2 is 0.494 bits per heavy atom. The second kappa shape index (κ2) is 67.1. The normalized spacial score (nSPS) is 12.6. The highest BCUT2D eigenvalue weighted by atomic mass is 16.6. The summed E-state index contributed by atoms with van der Waals surface area (Å²) in [5, 5.41) is 0. The Kier molecular flexibility index (Phi) is 64.2. The van der Waals surface area contributed by atoms with Gasteiger partial charge in [0, 0.05) is 19.3 Å². The molecular formula is C73H128O6. The molecule has 0 fully saturated rings. The van der Waals surface area contributed by atoms with Crippen LogP contribution < -0.4 is 0 Å². The van der Waals surface area contributed by atoms with E-state index in [1.54, 1.807) is 0 Å². The smallest absolute Gasteiger partial charge is 0.306 e. The molecule has 0 spiro atoms. The van der Waals surface area contributed by atoms with Crippen LogP contribution in [0.15, 0.2) is 85.1 Å². The van der Waals surface area contributed by atoms with Gasteiger partial charge < -0.3 is 14.2 Å². The predicted molar refractivity (Wildman–Crippen MR) is 344 cm³/mol. The van der Waals surface area contributed by atoms with Crippen molar-refractivity contribution in [1.29, 1.82) is 0 Å². The molecule has 0 bridgehead atoms. The first kappa shape index (κ1) is 75.6. The molecule has 1 atom stereocenters. The van der Waals surface area contributed by atoms with Gasteiger partial charge in [-0.05, 0) is 96.3 Å². The van der Waals surface area contributed by atoms with E-state index in [9.17, 15) is 14.4 Å². The molecule has 0 saturated heterocycles. The molecule has 0 aliphatic heterocycles. The van der Waals surface area contributed by atoms with Gasteiger partial charge in [0.1, 0.15) is 13.2 Å². The van der Waals surface area contributed by atoms with Crippen LogP contribution in [0.25, 0.3) is 0 Å². The van der Waals surface area contributed by atoms with E-state index in [1.807, 2.05) is 0 Å². The highest BCUT2D eigenvalue weighted by Gasteiger charge is 2.19. The van der Waals surface area contributed by atoms with E-state index >= 15 is 0 Å². The van der Waals surface area contributed by atoms with Crippen molar-refractivity contribution in [2.45, 2.75) is 348 Å². The number of hydrogen-bond donors (Lipinski definition) is 0. The zero-order valence-electron chi connectivity index (χ0n) is 52.4. The Hall–Kier alpha value is -3.41. The van der Waals surface area contributed by atoms with Crippen LogP contribution >= 0.6 is 0 Å². The van der Waals surface area contributed by atoms with Gasteiger partial charge >= 0.3 is 17.9 Å². The molecule has 1 unspecified atom stereocenters. The molecule has 79 heavy (non-hydrogen) atoms. The van der Waals surface area contributed by atoms with E-state index in [0.717, 1.165) is 116 Å². The Morgan fingerprint density at radius 3 is 0.785 bits per heavy atom. The van der Waals surface area contributed by atoms with Gasteiger partial charge in [-0.15, -0.1) is 0 Å². The maximum atomic E-state index is 12.9. The van der Waals surface area contributed by atoms with Crippen molar-refractivity contribution in [3.63, 3.8) is 0 Å². The van der Waals surface area contributed by atoms with E-state index in [0.29, 0.717) is 19.3 Å². The highest BCUT2D eigenvalue weighted by molar-refractivity contribution is 5.71. The zero-order valence-corrected chi connectivity index (χ0v) is 52.4. The number of rotatable bonds is 62. The van der Waals surface area contributed by atoms with Crippen LogP contribution in [-0.4, -0.2) is 37.2 Å². The third-order valence-corrected chi connectivity index (χ3v) is 14.9. The zero-order chi connectivity index (χ0) is 57.1. The molecule has 0 aliphatic carbocycles. The van der Waals surface area contributed by atoms with Gasteiger partial charge in [-0.3, -0.25) is 14.4 Å². The molecule has 0 heterocycles. The van der Waals surface area contributed by atoms with Gasteiger partial charge in [0.05, 0.1) is 0 Å². The topological polar surface area (TPSA) is 78.9 Å². The van der Waals surface area contributed by atoms with Gasteiger partial charge in [0.15, 0.2) is 6.10 Å². The van der Waals surface area contributed by atoms with E-state index in [1.165, 1.54) is 186 Å². The molecule has 0 N–H and O–H groups in total. The number of hydrogen-bond acceptors (Lipinski definition) is 6. The number of esters is 3. The van der Waals surface area contributed by atoms with Crippen LogP contribution in [0.1, 0.15) is 342 Å². The average molecular weight is 1100 g/mol. The largest absolute Gasteiger partial charge is 0.462 e. The summed E-state index contributed by atoms with van der Waals surface area (Å²) in [6.45, 7) is 6.54. The van der Waals surface area contributed by atoms with Crippen molar-refractivity contribution in [3.8, 4) is 0 Å². The maximum absolute atomic E-state index is 12.9. The third-order valence-electron chi connectivity index (χ3n) is 14.9. The molecule has 6 nitrogen and oxygen atoms in total. The number of carbonyl (C=O) groups is 3. The maximum Gasteiger partial charge on any atom is 0.306 e. The van der Waals surface area contributed by atoms with Gasteiger partial charge in [-0.1, -0.05) is 311 Å². The molecule has 0 aromatic carbocycles. The standard InChI is InChI=1S/C73H128O6/c1-4-7-10-13-16-19-22-25-28-30-32-34-36-38-39-41-43-45-48-51-54-57-60-63-66-72(75)78-69-70(68-77-71(74)65-62-59-56-53-50-47-27-24-21-18-15-12-9-6-3)79-73(76)67-64-61-58-55-52-49-46-44-42-40-37-35-33-31-29-26-23-20-17-14-11-8-5-2/h8,11,17,20,24,26-27,29,33,35,40,42,46,49,70H,4-7,9-10,12-16,18-19,21-23,25,28,30-32,34,36-39,41,43-45,47-48,50-69H2,1-3H3/b11-8-,20-17-,27-24-,29-26-,35-33-,42-40-,49-46-. The Labute approximate surface area is 490 Å². The number of carbonyl (C=O) groups excluding carboxylic acids is 3. The lowest BCUT2D eigenvalue weighted by molar-refractivity contribution is -0.167. The minimum absolute atomic E-state index is 0.0868. The van der Waals surface area contributed by atoms with Gasteiger partial charge in [-0.25, -0.2) is 0 Å². The summed E-state index contributed by atoms with van der Waals surface area (Å²) in [6.07, 6.45) is 88.9. The third kappa shape index (κ3) is 65.3. The van der Waals surface area contributed by atoms with Crippen LogP contribution in [0, 0.1) is 0 Å². The van der Waals surface area contributed by atoms with Gasteiger partial charge in [-0.2, -0.15) is 0 Å². The summed E-state index contributed by atoms with van der Waals surface area (Å²) in [5.41, 5.74) is 0. The van der Waals surface area contributed by atoms with E-state index in [-0.39, 0.29) is 31.1 Å². The number of unbranched alkanes of at least 4 members (excludes halogenated alkanes) is 37. The van der Waals surface area contributed by atoms with Crippen LogP contribution in [0.5, 0.6) is 0 Å². The Bertz CT molecular complexity index is 1500.